The van der Waals surface area contributed by atoms with Crippen LogP contribution in [-0.2, 0) is 0 Å². The van der Waals surface area contributed by atoms with E-state index in [1.807, 2.05) is 0 Å². The van der Waals surface area contributed by atoms with Crippen molar-refractivity contribution in [3.63, 3.8) is 0 Å². The number of benzene rings is 1. The molecule has 0 amide bonds. The largest absolute Gasteiger partial charge is 0.378 e. The average Bonchev–Trinajstić information content (AvgIpc) is 2.60. The minimum Gasteiger partial charge on any atom is -0.378 e. The van der Waals surface area contributed by atoms with Gasteiger partial charge >= 0.3 is 0 Å². The van der Waals surface area contributed by atoms with Gasteiger partial charge in [-0.25, -0.2) is 4.58 Å². The third-order valence-corrected chi connectivity index (χ3v) is 5.16. The van der Waals surface area contributed by atoms with Crippen LogP contribution in [-0.4, -0.2) is 38.5 Å². The van der Waals surface area contributed by atoms with E-state index in [1.54, 1.807) is 0 Å². The fourth-order valence-electron chi connectivity index (χ4n) is 3.04. The Morgan fingerprint density at radius 3 is 2.00 bits per heavy atom. The molecule has 1 unspecified atom stereocenters. The molecule has 0 saturated heterocycles. The number of allylic oxidation sites excluding steroid dienone is 6. The van der Waals surface area contributed by atoms with Crippen LogP contribution in [0.5, 0.6) is 0 Å². The van der Waals surface area contributed by atoms with Crippen molar-refractivity contribution in [1.29, 1.82) is 0 Å². The first-order chi connectivity index (χ1) is 11.3. The first-order valence-corrected chi connectivity index (χ1v) is 8.67. The zero-order chi connectivity index (χ0) is 17.9. The summed E-state index contributed by atoms with van der Waals surface area (Å²) in [5, 5.41) is 0. The second-order valence-corrected chi connectivity index (χ2v) is 7.15. The summed E-state index contributed by atoms with van der Waals surface area (Å²) in [5.74, 6) is 0.958. The first kappa shape index (κ1) is 18.3. The Kier molecular flexibility index (Phi) is 5.82. The quantitative estimate of drug-likeness (QED) is 0.732. The smallest absolute Gasteiger partial charge is 0.198 e. The first-order valence-electron chi connectivity index (χ1n) is 8.67. The van der Waals surface area contributed by atoms with Gasteiger partial charge in [-0.1, -0.05) is 36.8 Å². The van der Waals surface area contributed by atoms with Crippen molar-refractivity contribution in [2.75, 3.05) is 33.1 Å². The third-order valence-electron chi connectivity index (χ3n) is 5.16. The van der Waals surface area contributed by atoms with Crippen molar-refractivity contribution in [1.82, 2.24) is 0 Å². The maximum Gasteiger partial charge on any atom is 0.198 e. The predicted octanol–water partition coefficient (Wildman–Crippen LogP) is 4.64. The number of anilines is 1. The molecule has 1 aromatic carbocycles. The maximum absolute atomic E-state index is 2.33. The van der Waals surface area contributed by atoms with Gasteiger partial charge in [-0.15, -0.1) is 0 Å². The average molecular weight is 324 g/mol. The Hall–Kier alpha value is -2.09. The molecule has 2 nitrogen and oxygen atoms in total. The summed E-state index contributed by atoms with van der Waals surface area (Å²) in [6.07, 6.45) is 9.11. The molecule has 0 bridgehead atoms. The highest BCUT2D eigenvalue weighted by Gasteiger charge is 2.19. The van der Waals surface area contributed by atoms with Crippen molar-refractivity contribution in [3.05, 3.63) is 59.7 Å². The molecule has 0 saturated carbocycles. The topological polar surface area (TPSA) is 6.25 Å². The van der Waals surface area contributed by atoms with Crippen molar-refractivity contribution in [2.45, 2.75) is 20.8 Å². The fraction of sp³-hybridized carbons (Fsp3) is 0.409. The van der Waals surface area contributed by atoms with Crippen molar-refractivity contribution < 1.29 is 4.58 Å². The van der Waals surface area contributed by atoms with Crippen LogP contribution in [0.2, 0.25) is 0 Å². The summed E-state index contributed by atoms with van der Waals surface area (Å²) in [6.45, 7) is 6.84. The van der Waals surface area contributed by atoms with Gasteiger partial charge in [0.05, 0.1) is 0 Å². The van der Waals surface area contributed by atoms with Gasteiger partial charge in [-0.2, -0.15) is 0 Å². The zero-order valence-electron chi connectivity index (χ0n) is 16.2. The minimum atomic E-state index is 0.463. The van der Waals surface area contributed by atoms with E-state index in [4.69, 9.17) is 0 Å². The van der Waals surface area contributed by atoms with Crippen LogP contribution >= 0.6 is 0 Å². The third kappa shape index (κ3) is 4.05. The molecular weight excluding hydrogens is 292 g/mol. The van der Waals surface area contributed by atoms with Gasteiger partial charge in [-0.05, 0) is 43.0 Å². The molecular formula is C22H31N2+. The molecule has 0 N–H and O–H groups in total. The van der Waals surface area contributed by atoms with Gasteiger partial charge in [0.1, 0.15) is 14.1 Å². The van der Waals surface area contributed by atoms with Crippen LogP contribution in [0, 0.1) is 11.8 Å². The number of hydrogen-bond acceptors (Lipinski definition) is 1. The van der Waals surface area contributed by atoms with Crippen LogP contribution in [0.25, 0.3) is 5.57 Å². The lowest BCUT2D eigenvalue weighted by molar-refractivity contribution is -0.462. The van der Waals surface area contributed by atoms with Crippen LogP contribution < -0.4 is 4.90 Å². The van der Waals surface area contributed by atoms with E-state index < -0.39 is 0 Å². The van der Waals surface area contributed by atoms with Gasteiger partial charge in [0.2, 0.25) is 0 Å². The minimum absolute atomic E-state index is 0.463. The Bertz CT molecular complexity index is 680. The molecule has 0 radical (unpaired) electrons. The summed E-state index contributed by atoms with van der Waals surface area (Å²) in [7, 11) is 8.32. The highest BCUT2D eigenvalue weighted by atomic mass is 15.1. The van der Waals surface area contributed by atoms with Crippen molar-refractivity contribution in [2.24, 2.45) is 11.8 Å². The van der Waals surface area contributed by atoms with Crippen LogP contribution in [0.15, 0.2) is 54.1 Å². The summed E-state index contributed by atoms with van der Waals surface area (Å²) >= 11 is 0. The van der Waals surface area contributed by atoms with Crippen molar-refractivity contribution in [3.8, 4) is 0 Å². The van der Waals surface area contributed by atoms with Gasteiger partial charge in [0, 0.05) is 37.9 Å². The molecule has 0 spiro atoms. The Morgan fingerprint density at radius 2 is 1.54 bits per heavy atom. The highest BCUT2D eigenvalue weighted by molar-refractivity contribution is 6.01. The van der Waals surface area contributed by atoms with E-state index in [0.717, 1.165) is 0 Å². The number of hydrogen-bond donors (Lipinski definition) is 0. The Labute approximate surface area is 147 Å². The molecule has 2 rings (SSSR count). The normalized spacial score (nSPS) is 19.1. The second-order valence-electron chi connectivity index (χ2n) is 7.15. The van der Waals surface area contributed by atoms with Gasteiger partial charge in [0.25, 0.3) is 0 Å². The Morgan fingerprint density at radius 1 is 1.00 bits per heavy atom. The molecule has 1 aromatic rings. The van der Waals surface area contributed by atoms with E-state index in [2.05, 4.69) is 107 Å². The lowest BCUT2D eigenvalue weighted by atomic mass is 9.82. The molecule has 1 atom stereocenters. The van der Waals surface area contributed by atoms with E-state index in [-0.39, 0.29) is 0 Å². The highest BCUT2D eigenvalue weighted by Crippen LogP contribution is 2.31. The van der Waals surface area contributed by atoms with E-state index in [1.165, 1.54) is 28.1 Å². The summed E-state index contributed by atoms with van der Waals surface area (Å²) in [6, 6.07) is 8.84. The standard InChI is InChI=1S/C22H31N2/c1-16(17(2)19-8-12-21(13-9-19)23(4)5)18(3)20-10-14-22(15-11-20)24(6)7/h8-15,17,19H,1-7H3/q+1/b18-16-. The lowest BCUT2D eigenvalue weighted by Gasteiger charge is -2.23. The van der Waals surface area contributed by atoms with E-state index in [9.17, 15) is 0 Å². The Balaban J connectivity index is 2.21. The monoisotopic (exact) mass is 323 g/mol. The van der Waals surface area contributed by atoms with E-state index >= 15 is 0 Å². The predicted molar refractivity (Wildman–Crippen MR) is 107 cm³/mol. The van der Waals surface area contributed by atoms with Crippen LogP contribution in [0.3, 0.4) is 0 Å². The second kappa shape index (κ2) is 7.65. The van der Waals surface area contributed by atoms with Crippen LogP contribution in [0.4, 0.5) is 5.69 Å². The summed E-state index contributed by atoms with van der Waals surface area (Å²) < 4.78 is 2.15. The van der Waals surface area contributed by atoms with Gasteiger partial charge in [0.15, 0.2) is 5.71 Å². The molecule has 1 aliphatic carbocycles. The summed E-state index contributed by atoms with van der Waals surface area (Å²) in [5.41, 5.74) is 6.66. The molecule has 0 aromatic heterocycles. The molecule has 1 aliphatic rings. The number of nitrogens with zero attached hydrogens (tertiary/aromatic N) is 2. The number of rotatable bonds is 4. The fourth-order valence-corrected chi connectivity index (χ4v) is 3.04. The molecule has 128 valence electrons. The lowest BCUT2D eigenvalue weighted by Crippen LogP contribution is -2.16. The molecule has 0 aliphatic heterocycles. The molecule has 0 heterocycles. The SMILES string of the molecule is C/C(=C(\C)C(C)C1C=CC(=[N+](C)C)C=C1)c1ccc(N(C)C)cc1. The maximum atomic E-state index is 2.33. The van der Waals surface area contributed by atoms with Gasteiger partial charge < -0.3 is 4.90 Å². The molecule has 0 fully saturated rings. The molecule has 24 heavy (non-hydrogen) atoms. The van der Waals surface area contributed by atoms with E-state index in [0.29, 0.717) is 11.8 Å². The molecule has 2 heteroatoms. The zero-order valence-corrected chi connectivity index (χ0v) is 16.2. The summed E-state index contributed by atoms with van der Waals surface area (Å²) in [4.78, 5) is 2.13. The van der Waals surface area contributed by atoms with Crippen LogP contribution in [0.1, 0.15) is 26.3 Å². The van der Waals surface area contributed by atoms with Crippen molar-refractivity contribution >= 4 is 17.0 Å². The van der Waals surface area contributed by atoms with Gasteiger partial charge in [-0.3, -0.25) is 0 Å².